The lowest BCUT2D eigenvalue weighted by atomic mass is 9.71. The SMILES string of the molecule is COC(=O)C1=Cc2cc(O)c(O)cc2C(c2cc(C(=O)O)oc(=O)c2)C1C(=O)O. The monoisotopic (exact) mass is 402 g/mol. The summed E-state index contributed by atoms with van der Waals surface area (Å²) in [6.45, 7) is 0. The minimum absolute atomic E-state index is 0.0631. The first kappa shape index (κ1) is 19.7. The van der Waals surface area contributed by atoms with Gasteiger partial charge in [-0.15, -0.1) is 0 Å². The molecule has 3 rings (SSSR count). The van der Waals surface area contributed by atoms with Crippen molar-refractivity contribution in [2.75, 3.05) is 7.11 Å². The van der Waals surface area contributed by atoms with Gasteiger partial charge < -0.3 is 29.6 Å². The third-order valence-corrected chi connectivity index (χ3v) is 4.54. The zero-order chi connectivity index (χ0) is 21.5. The molecule has 4 N–H and O–H groups in total. The maximum Gasteiger partial charge on any atom is 0.371 e. The summed E-state index contributed by atoms with van der Waals surface area (Å²) in [4.78, 5) is 47.4. The van der Waals surface area contributed by atoms with Crippen molar-refractivity contribution in [2.24, 2.45) is 5.92 Å². The van der Waals surface area contributed by atoms with Gasteiger partial charge in [-0.05, 0) is 41.0 Å². The zero-order valence-corrected chi connectivity index (χ0v) is 14.8. The van der Waals surface area contributed by atoms with Crippen LogP contribution in [0.25, 0.3) is 6.08 Å². The molecule has 0 spiro atoms. The summed E-state index contributed by atoms with van der Waals surface area (Å²) in [5.74, 6) is -8.58. The Morgan fingerprint density at radius 1 is 1.03 bits per heavy atom. The number of phenolic OH excluding ortho intramolecular Hbond substituents is 2. The molecule has 10 nitrogen and oxygen atoms in total. The van der Waals surface area contributed by atoms with Crippen LogP contribution in [-0.2, 0) is 14.3 Å². The number of aromatic hydroxyl groups is 2. The number of aromatic carboxylic acids is 1. The molecule has 2 unspecified atom stereocenters. The number of aliphatic carboxylic acids is 1. The van der Waals surface area contributed by atoms with E-state index in [-0.39, 0.29) is 22.3 Å². The Morgan fingerprint density at radius 2 is 1.69 bits per heavy atom. The maximum absolute atomic E-state index is 12.2. The molecule has 1 aromatic carbocycles. The molecule has 0 aliphatic heterocycles. The van der Waals surface area contributed by atoms with Gasteiger partial charge in [-0.1, -0.05) is 0 Å². The molecule has 0 amide bonds. The average molecular weight is 402 g/mol. The third-order valence-electron chi connectivity index (χ3n) is 4.54. The van der Waals surface area contributed by atoms with Crippen molar-refractivity contribution < 1.29 is 44.0 Å². The lowest BCUT2D eigenvalue weighted by molar-refractivity contribution is -0.145. The van der Waals surface area contributed by atoms with Crippen LogP contribution < -0.4 is 5.63 Å². The highest BCUT2D eigenvalue weighted by Gasteiger charge is 2.42. The highest BCUT2D eigenvalue weighted by Crippen LogP contribution is 2.46. The molecule has 2 atom stereocenters. The van der Waals surface area contributed by atoms with Crippen LogP contribution >= 0.6 is 0 Å². The van der Waals surface area contributed by atoms with Gasteiger partial charge in [0.15, 0.2) is 11.5 Å². The highest BCUT2D eigenvalue weighted by atomic mass is 16.5. The lowest BCUT2D eigenvalue weighted by Gasteiger charge is -2.31. The minimum atomic E-state index is -1.57. The number of carbonyl (C=O) groups excluding carboxylic acids is 1. The number of hydrogen-bond donors (Lipinski definition) is 4. The van der Waals surface area contributed by atoms with Crippen molar-refractivity contribution in [1.82, 2.24) is 0 Å². The van der Waals surface area contributed by atoms with Gasteiger partial charge in [0.05, 0.1) is 18.6 Å². The number of esters is 1. The van der Waals surface area contributed by atoms with Crippen molar-refractivity contribution in [2.45, 2.75) is 5.92 Å². The number of carboxylic acids is 2. The number of phenols is 2. The third kappa shape index (κ3) is 3.43. The van der Waals surface area contributed by atoms with Crippen LogP contribution in [-0.4, -0.2) is 45.4 Å². The molecule has 29 heavy (non-hydrogen) atoms. The van der Waals surface area contributed by atoms with Crippen molar-refractivity contribution in [3.63, 3.8) is 0 Å². The van der Waals surface area contributed by atoms with E-state index >= 15 is 0 Å². The Bertz CT molecular complexity index is 1120. The predicted octanol–water partition coefficient (Wildman–Crippen LogP) is 1.15. The first-order valence-electron chi connectivity index (χ1n) is 8.11. The van der Waals surface area contributed by atoms with E-state index in [0.717, 1.165) is 31.4 Å². The van der Waals surface area contributed by atoms with E-state index in [1.807, 2.05) is 0 Å². The molecule has 0 fully saturated rings. The molecule has 0 bridgehead atoms. The number of rotatable bonds is 4. The summed E-state index contributed by atoms with van der Waals surface area (Å²) >= 11 is 0. The van der Waals surface area contributed by atoms with Gasteiger partial charge in [-0.3, -0.25) is 4.79 Å². The van der Waals surface area contributed by atoms with E-state index in [2.05, 4.69) is 9.15 Å². The zero-order valence-electron chi connectivity index (χ0n) is 14.8. The fraction of sp³-hybridized carbons (Fsp3) is 0.158. The molecule has 0 saturated heterocycles. The molecule has 2 aromatic rings. The Hall–Kier alpha value is -4.08. The fourth-order valence-electron chi connectivity index (χ4n) is 3.35. The van der Waals surface area contributed by atoms with Crippen LogP contribution in [0.3, 0.4) is 0 Å². The standard InChI is InChI=1S/C19H14O10/c1-28-19(27)10-2-7-3-11(20)12(21)6-9(7)15(16(10)18(25)26)8-4-13(17(23)24)29-14(22)5-8/h2-6,15-16,20-21H,1H3,(H,23,24)(H,25,26). The summed E-state index contributed by atoms with van der Waals surface area (Å²) in [5, 5.41) is 38.7. The van der Waals surface area contributed by atoms with E-state index in [1.165, 1.54) is 6.08 Å². The fourth-order valence-corrected chi connectivity index (χ4v) is 3.35. The normalized spacial score (nSPS) is 17.8. The average Bonchev–Trinajstić information content (AvgIpc) is 2.66. The number of methoxy groups -OCH3 is 1. The Morgan fingerprint density at radius 3 is 2.28 bits per heavy atom. The topological polar surface area (TPSA) is 172 Å². The van der Waals surface area contributed by atoms with Crippen LogP contribution in [0, 0.1) is 5.92 Å². The Labute approximate surface area is 161 Å². The lowest BCUT2D eigenvalue weighted by Crippen LogP contribution is -2.32. The van der Waals surface area contributed by atoms with Gasteiger partial charge in [-0.25, -0.2) is 14.4 Å². The second-order valence-corrected chi connectivity index (χ2v) is 6.23. The Kier molecular flexibility index (Phi) is 4.85. The molecular formula is C19H14O10. The van der Waals surface area contributed by atoms with E-state index in [4.69, 9.17) is 5.11 Å². The molecule has 150 valence electrons. The van der Waals surface area contributed by atoms with Crippen molar-refractivity contribution >= 4 is 24.0 Å². The molecule has 10 heteroatoms. The van der Waals surface area contributed by atoms with Gasteiger partial charge in [0.25, 0.3) is 0 Å². The number of carboxylic acid groups (broad SMARTS) is 2. The number of fused-ring (bicyclic) bond motifs is 1. The van der Waals surface area contributed by atoms with Crippen LogP contribution in [0.2, 0.25) is 0 Å². The van der Waals surface area contributed by atoms with Crippen molar-refractivity contribution in [3.8, 4) is 11.5 Å². The second kappa shape index (κ2) is 7.15. The van der Waals surface area contributed by atoms with Gasteiger partial charge >= 0.3 is 23.5 Å². The highest BCUT2D eigenvalue weighted by molar-refractivity contribution is 6.01. The van der Waals surface area contributed by atoms with Crippen LogP contribution in [0.1, 0.15) is 33.2 Å². The van der Waals surface area contributed by atoms with Gasteiger partial charge in [0.2, 0.25) is 5.76 Å². The van der Waals surface area contributed by atoms with E-state index in [9.17, 15) is 34.5 Å². The van der Waals surface area contributed by atoms with E-state index in [0.29, 0.717) is 0 Å². The van der Waals surface area contributed by atoms with Crippen LogP contribution in [0.15, 0.2) is 39.1 Å². The molecule has 0 radical (unpaired) electrons. The smallest absolute Gasteiger partial charge is 0.371 e. The number of ether oxygens (including phenoxy) is 1. The first-order valence-corrected chi connectivity index (χ1v) is 8.11. The summed E-state index contributed by atoms with van der Waals surface area (Å²) < 4.78 is 9.25. The van der Waals surface area contributed by atoms with Crippen LogP contribution in [0.4, 0.5) is 0 Å². The predicted molar refractivity (Wildman–Crippen MR) is 94.7 cm³/mol. The maximum atomic E-state index is 12.2. The van der Waals surface area contributed by atoms with Crippen LogP contribution in [0.5, 0.6) is 11.5 Å². The van der Waals surface area contributed by atoms with Gasteiger partial charge in [0, 0.05) is 12.0 Å². The van der Waals surface area contributed by atoms with E-state index in [1.54, 1.807) is 0 Å². The molecule has 1 aliphatic carbocycles. The molecule has 0 saturated carbocycles. The van der Waals surface area contributed by atoms with Crippen molar-refractivity contribution in [1.29, 1.82) is 0 Å². The molecule has 1 aromatic heterocycles. The quantitative estimate of drug-likeness (QED) is 0.429. The first-order chi connectivity index (χ1) is 13.6. The second-order valence-electron chi connectivity index (χ2n) is 6.23. The summed E-state index contributed by atoms with van der Waals surface area (Å²) in [7, 11) is 1.06. The largest absolute Gasteiger partial charge is 0.504 e. The number of benzene rings is 1. The Balaban J connectivity index is 2.37. The molecule has 1 aliphatic rings. The van der Waals surface area contributed by atoms with Gasteiger partial charge in [-0.2, -0.15) is 0 Å². The summed E-state index contributed by atoms with van der Waals surface area (Å²) in [5.41, 5.74) is -1.04. The van der Waals surface area contributed by atoms with Gasteiger partial charge in [0.1, 0.15) is 0 Å². The molecular weight excluding hydrogens is 388 g/mol. The summed E-state index contributed by atoms with van der Waals surface area (Å²) in [6.07, 6.45) is 1.19. The summed E-state index contributed by atoms with van der Waals surface area (Å²) in [6, 6.07) is 4.08. The van der Waals surface area contributed by atoms with Crippen molar-refractivity contribution in [3.05, 3.63) is 62.7 Å². The number of hydrogen-bond acceptors (Lipinski definition) is 8. The number of carbonyl (C=O) groups is 3. The van der Waals surface area contributed by atoms with E-state index < -0.39 is 52.6 Å². The minimum Gasteiger partial charge on any atom is -0.504 e. The molecule has 1 heterocycles.